The fourth-order valence-corrected chi connectivity index (χ4v) is 2.94. The largest absolute Gasteiger partial charge is 0.491 e. The minimum atomic E-state index is 0. The molecule has 2 aromatic rings. The Bertz CT molecular complexity index is 814. The summed E-state index contributed by atoms with van der Waals surface area (Å²) in [7, 11) is 3.99. The van der Waals surface area contributed by atoms with Crippen LogP contribution >= 0.6 is 24.0 Å². The van der Waals surface area contributed by atoms with Crippen molar-refractivity contribution in [2.24, 2.45) is 4.99 Å². The lowest BCUT2D eigenvalue weighted by atomic mass is 10.1. The molecule has 0 saturated carbocycles. The predicted octanol–water partition coefficient (Wildman–Crippen LogP) is 3.74. The molecule has 0 spiro atoms. The van der Waals surface area contributed by atoms with E-state index in [9.17, 15) is 0 Å². The van der Waals surface area contributed by atoms with Crippen molar-refractivity contribution in [3.05, 3.63) is 53.2 Å². The van der Waals surface area contributed by atoms with Crippen molar-refractivity contribution in [3.8, 4) is 5.75 Å². The van der Waals surface area contributed by atoms with Gasteiger partial charge in [0.15, 0.2) is 5.96 Å². The molecule has 7 nitrogen and oxygen atoms in total. The van der Waals surface area contributed by atoms with Crippen molar-refractivity contribution < 1.29 is 9.47 Å². The van der Waals surface area contributed by atoms with Gasteiger partial charge in [0.1, 0.15) is 18.2 Å². The fourth-order valence-electron chi connectivity index (χ4n) is 2.94. The van der Waals surface area contributed by atoms with E-state index in [1.165, 1.54) is 0 Å². The molecule has 0 radical (unpaired) electrons. The Hall–Kier alpha value is -2.07. The van der Waals surface area contributed by atoms with E-state index in [4.69, 9.17) is 14.5 Å². The van der Waals surface area contributed by atoms with E-state index >= 15 is 0 Å². The molecule has 172 valence electrons. The molecule has 0 aliphatic carbocycles. The number of aliphatic imine (C=N–C) groups is 1. The first-order valence-electron chi connectivity index (χ1n) is 10.5. The molecule has 0 amide bonds. The van der Waals surface area contributed by atoms with Crippen molar-refractivity contribution in [1.29, 1.82) is 0 Å². The molecule has 0 bridgehead atoms. The van der Waals surface area contributed by atoms with E-state index in [-0.39, 0.29) is 24.0 Å². The summed E-state index contributed by atoms with van der Waals surface area (Å²) in [4.78, 5) is 11.2. The molecule has 2 rings (SSSR count). The van der Waals surface area contributed by atoms with E-state index in [2.05, 4.69) is 53.7 Å². The van der Waals surface area contributed by atoms with Gasteiger partial charge >= 0.3 is 0 Å². The molecule has 0 unspecified atom stereocenters. The minimum absolute atomic E-state index is 0. The van der Waals surface area contributed by atoms with Gasteiger partial charge in [0.25, 0.3) is 0 Å². The molecule has 1 aromatic heterocycles. The third-order valence-corrected chi connectivity index (χ3v) is 4.40. The number of benzene rings is 1. The van der Waals surface area contributed by atoms with Crippen molar-refractivity contribution in [2.45, 2.75) is 33.9 Å². The Kier molecular flexibility index (Phi) is 12.9. The van der Waals surface area contributed by atoms with Crippen LogP contribution in [0, 0.1) is 6.92 Å². The number of aromatic nitrogens is 1. The zero-order valence-corrected chi connectivity index (χ0v) is 21.6. The first kappa shape index (κ1) is 27.0. The summed E-state index contributed by atoms with van der Waals surface area (Å²) in [6, 6.07) is 10.2. The number of guanidine groups is 1. The highest BCUT2D eigenvalue weighted by Crippen LogP contribution is 2.21. The van der Waals surface area contributed by atoms with Crippen LogP contribution in [-0.4, -0.2) is 51.4 Å². The summed E-state index contributed by atoms with van der Waals surface area (Å²) < 4.78 is 11.3. The first-order chi connectivity index (χ1) is 14.5. The molecule has 1 heterocycles. The second-order valence-corrected chi connectivity index (χ2v) is 7.09. The number of nitrogens with zero attached hydrogens (tertiary/aromatic N) is 3. The van der Waals surface area contributed by atoms with Gasteiger partial charge in [-0.05, 0) is 38.5 Å². The molecule has 0 fully saturated rings. The maximum absolute atomic E-state index is 5.93. The highest BCUT2D eigenvalue weighted by atomic mass is 127. The summed E-state index contributed by atoms with van der Waals surface area (Å²) in [5.74, 6) is 2.56. The van der Waals surface area contributed by atoms with Crippen LogP contribution in [0.25, 0.3) is 0 Å². The summed E-state index contributed by atoms with van der Waals surface area (Å²) in [6.07, 6.45) is 1.81. The lowest BCUT2D eigenvalue weighted by molar-refractivity contribution is 0.110. The van der Waals surface area contributed by atoms with Gasteiger partial charge < -0.3 is 25.0 Å². The zero-order chi connectivity index (χ0) is 21.8. The van der Waals surface area contributed by atoms with Crippen molar-refractivity contribution in [2.75, 3.05) is 45.4 Å². The number of anilines is 1. The predicted molar refractivity (Wildman–Crippen MR) is 139 cm³/mol. The molecule has 2 N–H and O–H groups in total. The topological polar surface area (TPSA) is 71.0 Å². The average Bonchev–Trinajstić information content (AvgIpc) is 2.74. The third-order valence-electron chi connectivity index (χ3n) is 4.40. The second-order valence-electron chi connectivity index (χ2n) is 7.09. The Morgan fingerprint density at radius 3 is 2.61 bits per heavy atom. The van der Waals surface area contributed by atoms with E-state index < -0.39 is 0 Å². The standard InChI is InChI=1S/C23H35N5O2.HI/c1-6-24-23(27-17-20-9-8-12-25-22(20)28(4)5)26-16-19-11-10-18(3)15-21(19)30-14-13-29-7-2;/h8-12,15H,6-7,13-14,16-17H2,1-5H3,(H2,24,26,27);1H. The maximum Gasteiger partial charge on any atom is 0.191 e. The van der Waals surface area contributed by atoms with Gasteiger partial charge in [-0.3, -0.25) is 0 Å². The Morgan fingerprint density at radius 2 is 1.90 bits per heavy atom. The van der Waals surface area contributed by atoms with Gasteiger partial charge in [-0.25, -0.2) is 9.98 Å². The van der Waals surface area contributed by atoms with Crippen molar-refractivity contribution >= 4 is 35.8 Å². The quantitative estimate of drug-likeness (QED) is 0.196. The third kappa shape index (κ3) is 9.30. The minimum Gasteiger partial charge on any atom is -0.491 e. The molecule has 31 heavy (non-hydrogen) atoms. The van der Waals surface area contributed by atoms with Crippen LogP contribution in [0.5, 0.6) is 5.75 Å². The van der Waals surface area contributed by atoms with E-state index in [0.29, 0.717) is 32.9 Å². The first-order valence-corrected chi connectivity index (χ1v) is 10.5. The number of rotatable bonds is 11. The number of aryl methyl sites for hydroxylation is 1. The lowest BCUT2D eigenvalue weighted by Crippen LogP contribution is -2.37. The number of nitrogens with one attached hydrogen (secondary N) is 2. The Morgan fingerprint density at radius 1 is 1.10 bits per heavy atom. The van der Waals surface area contributed by atoms with E-state index in [1.807, 2.05) is 38.2 Å². The highest BCUT2D eigenvalue weighted by molar-refractivity contribution is 14.0. The number of hydrogen-bond donors (Lipinski definition) is 2. The smallest absolute Gasteiger partial charge is 0.191 e. The zero-order valence-electron chi connectivity index (χ0n) is 19.3. The molecular formula is C23H36IN5O2. The van der Waals surface area contributed by atoms with Crippen LogP contribution in [0.2, 0.25) is 0 Å². The number of halogens is 1. The van der Waals surface area contributed by atoms with Crippen LogP contribution < -0.4 is 20.3 Å². The molecule has 0 aliphatic rings. The number of hydrogen-bond acceptors (Lipinski definition) is 5. The summed E-state index contributed by atoms with van der Waals surface area (Å²) >= 11 is 0. The van der Waals surface area contributed by atoms with Crippen LogP contribution in [0.1, 0.15) is 30.5 Å². The Balaban J connectivity index is 0.00000480. The lowest BCUT2D eigenvalue weighted by Gasteiger charge is -2.17. The van der Waals surface area contributed by atoms with Gasteiger partial charge in [-0.2, -0.15) is 0 Å². The van der Waals surface area contributed by atoms with Crippen molar-refractivity contribution in [1.82, 2.24) is 15.6 Å². The van der Waals surface area contributed by atoms with Crippen LogP contribution in [-0.2, 0) is 17.8 Å². The number of ether oxygens (including phenoxy) is 2. The monoisotopic (exact) mass is 541 g/mol. The van der Waals surface area contributed by atoms with Gasteiger partial charge in [-0.15, -0.1) is 24.0 Å². The molecule has 0 atom stereocenters. The van der Waals surface area contributed by atoms with Crippen LogP contribution in [0.3, 0.4) is 0 Å². The maximum atomic E-state index is 5.93. The summed E-state index contributed by atoms with van der Waals surface area (Å²) in [6.45, 7) is 9.84. The van der Waals surface area contributed by atoms with Gasteiger partial charge in [0, 0.05) is 51.1 Å². The molecular weight excluding hydrogens is 505 g/mol. The van der Waals surface area contributed by atoms with Gasteiger partial charge in [0.05, 0.1) is 13.2 Å². The second kappa shape index (κ2) is 14.9. The average molecular weight is 541 g/mol. The summed E-state index contributed by atoms with van der Waals surface area (Å²) in [5, 5.41) is 6.71. The van der Waals surface area contributed by atoms with Crippen molar-refractivity contribution in [3.63, 3.8) is 0 Å². The van der Waals surface area contributed by atoms with Gasteiger partial charge in [0.2, 0.25) is 0 Å². The summed E-state index contributed by atoms with van der Waals surface area (Å²) in [5.41, 5.74) is 3.32. The van der Waals surface area contributed by atoms with Crippen LogP contribution in [0.4, 0.5) is 5.82 Å². The van der Waals surface area contributed by atoms with Crippen LogP contribution in [0.15, 0.2) is 41.5 Å². The highest BCUT2D eigenvalue weighted by Gasteiger charge is 2.08. The normalized spacial score (nSPS) is 10.9. The molecule has 0 aliphatic heterocycles. The SMILES string of the molecule is CCNC(=NCc1ccc(C)cc1OCCOCC)NCc1cccnc1N(C)C.I. The molecule has 0 saturated heterocycles. The van der Waals surface area contributed by atoms with E-state index in [0.717, 1.165) is 40.8 Å². The molecule has 1 aromatic carbocycles. The number of pyridine rings is 1. The Labute approximate surface area is 203 Å². The van der Waals surface area contributed by atoms with E-state index in [1.54, 1.807) is 0 Å². The fraction of sp³-hybridized carbons (Fsp3) is 0.478. The van der Waals surface area contributed by atoms with Gasteiger partial charge in [-0.1, -0.05) is 18.2 Å². The molecule has 8 heteroatoms.